The van der Waals surface area contributed by atoms with Gasteiger partial charge in [0.25, 0.3) is 11.8 Å². The lowest BCUT2D eigenvalue weighted by molar-refractivity contribution is -0.142. The molecule has 6 heteroatoms. The summed E-state index contributed by atoms with van der Waals surface area (Å²) in [6, 6.07) is 15.3. The summed E-state index contributed by atoms with van der Waals surface area (Å²) in [7, 11) is 0. The third-order valence-corrected chi connectivity index (χ3v) is 4.08. The van der Waals surface area contributed by atoms with Gasteiger partial charge in [-0.05, 0) is 24.6 Å². The van der Waals surface area contributed by atoms with Crippen molar-refractivity contribution in [2.75, 3.05) is 0 Å². The summed E-state index contributed by atoms with van der Waals surface area (Å²) in [5.41, 5.74) is -1.06. The van der Waals surface area contributed by atoms with Crippen molar-refractivity contribution in [3.05, 3.63) is 71.8 Å². The van der Waals surface area contributed by atoms with E-state index in [1.54, 1.807) is 48.5 Å². The Bertz CT molecular complexity index is 833. The Morgan fingerprint density at radius 3 is 2.04 bits per heavy atom. The molecule has 0 spiro atoms. The first-order valence-electron chi connectivity index (χ1n) is 7.31. The largest absolute Gasteiger partial charge is 0.338 e. The van der Waals surface area contributed by atoms with Gasteiger partial charge in [-0.3, -0.25) is 19.7 Å². The van der Waals surface area contributed by atoms with E-state index in [0.717, 1.165) is 0 Å². The lowest BCUT2D eigenvalue weighted by Crippen LogP contribution is -2.66. The number of carbonyl (C=O) groups excluding carboxylic acids is 4. The quantitative estimate of drug-likeness (QED) is 0.676. The van der Waals surface area contributed by atoms with E-state index in [9.17, 15) is 19.2 Å². The predicted molar refractivity (Wildman–Crippen MR) is 85.0 cm³/mol. The van der Waals surface area contributed by atoms with Crippen molar-refractivity contribution < 1.29 is 19.2 Å². The van der Waals surface area contributed by atoms with Crippen LogP contribution in [-0.2, 0) is 15.0 Å². The molecule has 1 atom stereocenters. The molecule has 1 heterocycles. The lowest BCUT2D eigenvalue weighted by atomic mass is 9.79. The standard InChI is InChI=1S/C18H14N2O4/c1-18(13-10-6-3-7-11-13)15(22)19-17(24)20(16(18)23)14(21)12-8-4-2-5-9-12/h2-11H,1H3,(H,19,22,24). The van der Waals surface area contributed by atoms with Crippen LogP contribution in [0.5, 0.6) is 0 Å². The average molecular weight is 322 g/mol. The van der Waals surface area contributed by atoms with Gasteiger partial charge in [-0.1, -0.05) is 48.5 Å². The van der Waals surface area contributed by atoms with E-state index in [-0.39, 0.29) is 5.56 Å². The summed E-state index contributed by atoms with van der Waals surface area (Å²) in [6.45, 7) is 1.40. The molecule has 1 fully saturated rings. The summed E-state index contributed by atoms with van der Waals surface area (Å²) >= 11 is 0. The fraction of sp³-hybridized carbons (Fsp3) is 0.111. The van der Waals surface area contributed by atoms with Crippen LogP contribution in [0.15, 0.2) is 60.7 Å². The second-order valence-electron chi connectivity index (χ2n) is 5.56. The monoisotopic (exact) mass is 322 g/mol. The van der Waals surface area contributed by atoms with Crippen molar-refractivity contribution in [1.82, 2.24) is 10.2 Å². The zero-order valence-corrected chi connectivity index (χ0v) is 12.9. The summed E-state index contributed by atoms with van der Waals surface area (Å²) in [6.07, 6.45) is 0. The highest BCUT2D eigenvalue weighted by atomic mass is 16.2. The van der Waals surface area contributed by atoms with Crippen molar-refractivity contribution >= 4 is 23.8 Å². The number of amides is 5. The van der Waals surface area contributed by atoms with Crippen LogP contribution in [0.3, 0.4) is 0 Å². The number of hydrogen-bond acceptors (Lipinski definition) is 4. The molecule has 120 valence electrons. The summed E-state index contributed by atoms with van der Waals surface area (Å²) in [4.78, 5) is 50.4. The molecule has 0 bridgehead atoms. The van der Waals surface area contributed by atoms with Crippen molar-refractivity contribution in [3.63, 3.8) is 0 Å². The minimum Gasteiger partial charge on any atom is -0.276 e. The smallest absolute Gasteiger partial charge is 0.276 e. The molecule has 1 unspecified atom stereocenters. The molecule has 1 saturated heterocycles. The zero-order chi connectivity index (χ0) is 17.3. The van der Waals surface area contributed by atoms with E-state index in [1.807, 2.05) is 0 Å². The van der Waals surface area contributed by atoms with E-state index in [2.05, 4.69) is 5.32 Å². The number of rotatable bonds is 2. The van der Waals surface area contributed by atoms with Gasteiger partial charge in [-0.2, -0.15) is 4.90 Å². The number of carbonyl (C=O) groups is 4. The van der Waals surface area contributed by atoms with E-state index in [0.29, 0.717) is 10.5 Å². The fourth-order valence-electron chi connectivity index (χ4n) is 2.61. The molecule has 2 aromatic rings. The number of nitrogens with one attached hydrogen (secondary N) is 1. The summed E-state index contributed by atoms with van der Waals surface area (Å²) in [5.74, 6) is -2.38. The van der Waals surface area contributed by atoms with Crippen LogP contribution in [-0.4, -0.2) is 28.7 Å². The maximum absolute atomic E-state index is 12.9. The molecule has 3 rings (SSSR count). The Morgan fingerprint density at radius 1 is 0.917 bits per heavy atom. The molecule has 0 aliphatic carbocycles. The summed E-state index contributed by atoms with van der Waals surface area (Å²) < 4.78 is 0. The first-order valence-corrected chi connectivity index (χ1v) is 7.31. The molecule has 1 aliphatic rings. The van der Waals surface area contributed by atoms with Crippen molar-refractivity contribution in [1.29, 1.82) is 0 Å². The minimum absolute atomic E-state index is 0.186. The topological polar surface area (TPSA) is 83.6 Å². The highest BCUT2D eigenvalue weighted by Gasteiger charge is 2.53. The molecule has 0 saturated carbocycles. The first kappa shape index (κ1) is 15.6. The molecule has 6 nitrogen and oxygen atoms in total. The van der Waals surface area contributed by atoms with Crippen LogP contribution < -0.4 is 5.32 Å². The van der Waals surface area contributed by atoms with Crippen LogP contribution in [0.1, 0.15) is 22.8 Å². The van der Waals surface area contributed by atoms with Gasteiger partial charge in [0.05, 0.1) is 0 Å². The maximum atomic E-state index is 12.9. The Hall–Kier alpha value is -3.28. The first-order chi connectivity index (χ1) is 11.5. The Balaban J connectivity index is 2.06. The number of benzene rings is 2. The molecule has 5 amide bonds. The number of barbiturate groups is 1. The molecular weight excluding hydrogens is 308 g/mol. The highest BCUT2D eigenvalue weighted by molar-refractivity contribution is 6.30. The molecule has 24 heavy (non-hydrogen) atoms. The van der Waals surface area contributed by atoms with Gasteiger partial charge in [0.15, 0.2) is 5.41 Å². The third-order valence-electron chi connectivity index (χ3n) is 4.08. The molecule has 0 aromatic heterocycles. The van der Waals surface area contributed by atoms with Gasteiger partial charge < -0.3 is 0 Å². The van der Waals surface area contributed by atoms with Crippen molar-refractivity contribution in [3.8, 4) is 0 Å². The number of urea groups is 1. The average Bonchev–Trinajstić information content (AvgIpc) is 2.61. The zero-order valence-electron chi connectivity index (χ0n) is 12.9. The van der Waals surface area contributed by atoms with E-state index in [4.69, 9.17) is 0 Å². The number of nitrogens with zero attached hydrogens (tertiary/aromatic N) is 1. The SMILES string of the molecule is CC1(c2ccccc2)C(=O)NC(=O)N(C(=O)c2ccccc2)C1=O. The highest BCUT2D eigenvalue weighted by Crippen LogP contribution is 2.30. The third kappa shape index (κ3) is 2.28. The van der Waals surface area contributed by atoms with Crippen LogP contribution in [0, 0.1) is 0 Å². The minimum atomic E-state index is -1.65. The Kier molecular flexibility index (Phi) is 3.73. The molecule has 2 aromatic carbocycles. The fourth-order valence-corrected chi connectivity index (χ4v) is 2.61. The number of hydrogen-bond donors (Lipinski definition) is 1. The molecule has 0 radical (unpaired) electrons. The van der Waals surface area contributed by atoms with Gasteiger partial charge in [0.1, 0.15) is 0 Å². The van der Waals surface area contributed by atoms with Gasteiger partial charge in [0, 0.05) is 5.56 Å². The van der Waals surface area contributed by atoms with Crippen molar-refractivity contribution in [2.45, 2.75) is 12.3 Å². The van der Waals surface area contributed by atoms with Gasteiger partial charge in [-0.25, -0.2) is 4.79 Å². The van der Waals surface area contributed by atoms with Crippen LogP contribution in [0.25, 0.3) is 0 Å². The normalized spacial score (nSPS) is 20.7. The Morgan fingerprint density at radius 2 is 1.46 bits per heavy atom. The van der Waals surface area contributed by atoms with Gasteiger partial charge in [0.2, 0.25) is 5.91 Å². The predicted octanol–water partition coefficient (Wildman–Crippen LogP) is 1.86. The lowest BCUT2D eigenvalue weighted by Gasteiger charge is -2.36. The van der Waals surface area contributed by atoms with Gasteiger partial charge >= 0.3 is 6.03 Å². The second-order valence-corrected chi connectivity index (χ2v) is 5.56. The van der Waals surface area contributed by atoms with Crippen LogP contribution >= 0.6 is 0 Å². The molecule has 1 aliphatic heterocycles. The summed E-state index contributed by atoms with van der Waals surface area (Å²) in [5, 5.41) is 2.11. The number of imide groups is 4. The van der Waals surface area contributed by atoms with Gasteiger partial charge in [-0.15, -0.1) is 0 Å². The van der Waals surface area contributed by atoms with E-state index < -0.39 is 29.2 Å². The van der Waals surface area contributed by atoms with E-state index in [1.165, 1.54) is 19.1 Å². The molecular formula is C18H14N2O4. The Labute approximate surface area is 138 Å². The second kappa shape index (κ2) is 5.73. The van der Waals surface area contributed by atoms with Crippen LogP contribution in [0.2, 0.25) is 0 Å². The maximum Gasteiger partial charge on any atom is 0.338 e. The van der Waals surface area contributed by atoms with E-state index >= 15 is 0 Å². The molecule has 1 N–H and O–H groups in total. The van der Waals surface area contributed by atoms with Crippen LogP contribution in [0.4, 0.5) is 4.79 Å². The van der Waals surface area contributed by atoms with Crippen molar-refractivity contribution in [2.24, 2.45) is 0 Å².